The van der Waals surface area contributed by atoms with Gasteiger partial charge in [0.05, 0.1) is 23.3 Å². The fourth-order valence-electron chi connectivity index (χ4n) is 8.04. The minimum absolute atomic E-state index is 0.0676. The Bertz CT molecular complexity index is 1110. The number of aromatic nitrogens is 2. The number of benzene rings is 1. The van der Waals surface area contributed by atoms with Gasteiger partial charge in [-0.15, -0.1) is 0 Å². The number of hydrogen-bond donors (Lipinski definition) is 1. The average molecular weight is 479 g/mol. The fourth-order valence-corrected chi connectivity index (χ4v) is 8.04. The maximum absolute atomic E-state index is 13.9. The number of nitrogens with zero attached hydrogens (tertiary/aromatic N) is 3. The lowest BCUT2D eigenvalue weighted by Crippen LogP contribution is -2.57. The van der Waals surface area contributed by atoms with Gasteiger partial charge in [-0.2, -0.15) is 5.10 Å². The molecule has 4 bridgehead atoms. The molecule has 5 aliphatic rings. The van der Waals surface area contributed by atoms with E-state index < -0.39 is 0 Å². The van der Waals surface area contributed by atoms with Crippen molar-refractivity contribution in [3.63, 3.8) is 0 Å². The molecular weight excluding hydrogens is 443 g/mol. The summed E-state index contributed by atoms with van der Waals surface area (Å²) in [5, 5.41) is 7.63. The van der Waals surface area contributed by atoms with E-state index in [4.69, 9.17) is 0 Å². The zero-order valence-electron chi connectivity index (χ0n) is 20.7. The maximum Gasteiger partial charge on any atom is 0.243 e. The van der Waals surface area contributed by atoms with Crippen molar-refractivity contribution in [1.82, 2.24) is 20.0 Å². The van der Waals surface area contributed by atoms with Crippen molar-refractivity contribution in [1.29, 1.82) is 0 Å². The molecule has 1 aliphatic heterocycles. The van der Waals surface area contributed by atoms with Crippen LogP contribution in [-0.2, 0) is 9.59 Å². The van der Waals surface area contributed by atoms with Crippen molar-refractivity contribution >= 4 is 11.8 Å². The van der Waals surface area contributed by atoms with Crippen molar-refractivity contribution in [2.24, 2.45) is 23.2 Å². The molecule has 2 unspecified atom stereocenters. The third-order valence-electron chi connectivity index (χ3n) is 9.25. The van der Waals surface area contributed by atoms with Crippen LogP contribution >= 0.6 is 0 Å². The normalized spacial score (nSPS) is 32.1. The van der Waals surface area contributed by atoms with Gasteiger partial charge in [0.15, 0.2) is 0 Å². The van der Waals surface area contributed by atoms with E-state index in [9.17, 15) is 14.0 Å². The van der Waals surface area contributed by atoms with Crippen LogP contribution in [-0.4, -0.2) is 39.1 Å². The number of carbonyl (C=O) groups excluding carboxylic acids is 2. The van der Waals surface area contributed by atoms with Crippen LogP contribution in [0.5, 0.6) is 0 Å². The molecule has 7 heteroatoms. The SMILES string of the molecule is Cc1c(C(C)NC(=O)C2CCCN2C(=O)C23CC4CC(CC(C4)C2)C3)cnn1-c1ccc(F)cc1. The number of rotatable bonds is 5. The summed E-state index contributed by atoms with van der Waals surface area (Å²) in [6, 6.07) is 5.58. The van der Waals surface area contributed by atoms with Crippen molar-refractivity contribution in [2.45, 2.75) is 77.3 Å². The van der Waals surface area contributed by atoms with E-state index in [1.807, 2.05) is 18.7 Å². The Hall–Kier alpha value is -2.70. The summed E-state index contributed by atoms with van der Waals surface area (Å²) in [4.78, 5) is 29.3. The second-order valence-corrected chi connectivity index (χ2v) is 11.7. The number of halogens is 1. The Morgan fingerprint density at radius 1 is 1.09 bits per heavy atom. The molecule has 1 N–H and O–H groups in total. The van der Waals surface area contributed by atoms with Crippen molar-refractivity contribution in [3.8, 4) is 5.69 Å². The average Bonchev–Trinajstić information content (AvgIpc) is 3.45. The summed E-state index contributed by atoms with van der Waals surface area (Å²) in [5.74, 6) is 2.02. The molecule has 4 aliphatic carbocycles. The fraction of sp³-hybridized carbons (Fsp3) is 0.607. The summed E-state index contributed by atoms with van der Waals surface area (Å²) in [6.07, 6.45) is 10.4. The highest BCUT2D eigenvalue weighted by atomic mass is 19.1. The zero-order valence-corrected chi connectivity index (χ0v) is 20.7. The first-order valence-electron chi connectivity index (χ1n) is 13.2. The third-order valence-corrected chi connectivity index (χ3v) is 9.25. The summed E-state index contributed by atoms with van der Waals surface area (Å²) in [7, 11) is 0. The van der Waals surface area contributed by atoms with Gasteiger partial charge in [-0.1, -0.05) is 0 Å². The van der Waals surface area contributed by atoms with Gasteiger partial charge in [0.2, 0.25) is 11.8 Å². The molecule has 0 spiro atoms. The highest BCUT2D eigenvalue weighted by Crippen LogP contribution is 2.60. The molecule has 1 aromatic carbocycles. The van der Waals surface area contributed by atoms with Gasteiger partial charge in [-0.05, 0) is 107 Å². The highest BCUT2D eigenvalue weighted by molar-refractivity contribution is 5.91. The zero-order chi connectivity index (χ0) is 24.3. The molecule has 6 nitrogen and oxygen atoms in total. The van der Waals surface area contributed by atoms with Gasteiger partial charge in [0, 0.05) is 17.8 Å². The van der Waals surface area contributed by atoms with Gasteiger partial charge >= 0.3 is 0 Å². The number of nitrogens with one attached hydrogen (secondary N) is 1. The van der Waals surface area contributed by atoms with Crippen LogP contribution in [0.3, 0.4) is 0 Å². The molecule has 7 rings (SSSR count). The van der Waals surface area contributed by atoms with Crippen LogP contribution in [0.15, 0.2) is 30.5 Å². The quantitative estimate of drug-likeness (QED) is 0.677. The Morgan fingerprint density at radius 3 is 2.34 bits per heavy atom. The van der Waals surface area contributed by atoms with E-state index in [1.54, 1.807) is 23.0 Å². The van der Waals surface area contributed by atoms with Gasteiger partial charge < -0.3 is 10.2 Å². The number of likely N-dealkylation sites (tertiary alicyclic amines) is 1. The van der Waals surface area contributed by atoms with Gasteiger partial charge in [0.1, 0.15) is 11.9 Å². The molecule has 0 radical (unpaired) electrons. The molecule has 5 fully saturated rings. The Morgan fingerprint density at radius 2 is 1.71 bits per heavy atom. The molecule has 2 heterocycles. The van der Waals surface area contributed by atoms with Crippen LogP contribution in [0.2, 0.25) is 0 Å². The molecule has 1 saturated heterocycles. The predicted molar refractivity (Wildman–Crippen MR) is 130 cm³/mol. The second-order valence-electron chi connectivity index (χ2n) is 11.7. The van der Waals surface area contributed by atoms with Crippen LogP contribution in [0.25, 0.3) is 5.69 Å². The Balaban J connectivity index is 1.16. The van der Waals surface area contributed by atoms with E-state index in [2.05, 4.69) is 10.4 Å². The van der Waals surface area contributed by atoms with Crippen LogP contribution in [0.1, 0.15) is 75.6 Å². The van der Waals surface area contributed by atoms with Crippen molar-refractivity contribution in [3.05, 3.63) is 47.5 Å². The van der Waals surface area contributed by atoms with Gasteiger partial charge in [-0.25, -0.2) is 9.07 Å². The number of carbonyl (C=O) groups is 2. The lowest BCUT2D eigenvalue weighted by Gasteiger charge is -2.56. The van der Waals surface area contributed by atoms with E-state index in [-0.39, 0.29) is 35.1 Å². The highest BCUT2D eigenvalue weighted by Gasteiger charge is 2.56. The Kier molecular flexibility index (Phi) is 5.49. The minimum atomic E-state index is -0.384. The first kappa shape index (κ1) is 22.7. The molecule has 2 atom stereocenters. The molecule has 1 aromatic heterocycles. The van der Waals surface area contributed by atoms with Gasteiger partial charge in [-0.3, -0.25) is 9.59 Å². The Labute approximate surface area is 206 Å². The second kappa shape index (κ2) is 8.45. The molecule has 2 aromatic rings. The molecule has 4 saturated carbocycles. The standard InChI is InChI=1S/C28H35FN4O2/c1-17(24-16-30-33(18(24)2)23-7-5-22(29)6-8-23)31-26(34)25-4-3-9-32(25)27(35)28-13-19-10-20(14-28)12-21(11-19)15-28/h5-8,16-17,19-21,25H,3-4,9-15H2,1-2H3,(H,31,34). The largest absolute Gasteiger partial charge is 0.348 e. The first-order valence-corrected chi connectivity index (χ1v) is 13.2. The smallest absolute Gasteiger partial charge is 0.243 e. The van der Waals surface area contributed by atoms with Crippen LogP contribution in [0, 0.1) is 35.9 Å². The van der Waals surface area contributed by atoms with Gasteiger partial charge in [0.25, 0.3) is 0 Å². The predicted octanol–water partition coefficient (Wildman–Crippen LogP) is 4.70. The lowest BCUT2D eigenvalue weighted by molar-refractivity contribution is -0.160. The van der Waals surface area contributed by atoms with Crippen molar-refractivity contribution in [2.75, 3.05) is 6.54 Å². The lowest BCUT2D eigenvalue weighted by atomic mass is 9.49. The van der Waals surface area contributed by atoms with Crippen molar-refractivity contribution < 1.29 is 14.0 Å². The number of hydrogen-bond acceptors (Lipinski definition) is 3. The third kappa shape index (κ3) is 3.87. The number of amides is 2. The summed E-state index contributed by atoms with van der Waals surface area (Å²) in [5.41, 5.74) is 2.38. The molecule has 35 heavy (non-hydrogen) atoms. The first-order chi connectivity index (χ1) is 16.8. The van der Waals surface area contributed by atoms with E-state index in [0.29, 0.717) is 24.3 Å². The monoisotopic (exact) mass is 478 g/mol. The summed E-state index contributed by atoms with van der Waals surface area (Å²) >= 11 is 0. The molecule has 186 valence electrons. The van der Waals surface area contributed by atoms with E-state index in [0.717, 1.165) is 49.0 Å². The van der Waals surface area contributed by atoms with E-state index in [1.165, 1.54) is 31.4 Å². The van der Waals surface area contributed by atoms with Crippen LogP contribution in [0.4, 0.5) is 4.39 Å². The van der Waals surface area contributed by atoms with Crippen LogP contribution < -0.4 is 5.32 Å². The topological polar surface area (TPSA) is 67.2 Å². The summed E-state index contributed by atoms with van der Waals surface area (Å²) < 4.78 is 15.1. The maximum atomic E-state index is 13.9. The molecular formula is C28H35FN4O2. The molecule has 2 amide bonds. The minimum Gasteiger partial charge on any atom is -0.348 e. The summed E-state index contributed by atoms with van der Waals surface area (Å²) in [6.45, 7) is 4.60. The van der Waals surface area contributed by atoms with E-state index >= 15 is 0 Å².